The molecule has 0 radical (unpaired) electrons. The zero-order valence-corrected chi connectivity index (χ0v) is 18.9. The first kappa shape index (κ1) is 22.3. The number of thiophene rings is 1. The number of carbonyl (C=O) groups is 2. The van der Waals surface area contributed by atoms with Crippen molar-refractivity contribution in [3.63, 3.8) is 0 Å². The van der Waals surface area contributed by atoms with Gasteiger partial charge < -0.3 is 19.3 Å². The van der Waals surface area contributed by atoms with Crippen molar-refractivity contribution in [2.24, 2.45) is 0 Å². The molecule has 3 rings (SSSR count). The van der Waals surface area contributed by atoms with E-state index < -0.39 is 0 Å². The van der Waals surface area contributed by atoms with Gasteiger partial charge in [0.2, 0.25) is 11.8 Å². The van der Waals surface area contributed by atoms with Crippen LogP contribution in [-0.2, 0) is 20.7 Å². The van der Waals surface area contributed by atoms with Crippen LogP contribution in [0.5, 0.6) is 5.75 Å². The molecule has 0 saturated carbocycles. The summed E-state index contributed by atoms with van der Waals surface area (Å²) in [7, 11) is 3.14. The second-order valence-corrected chi connectivity index (χ2v) is 8.52. The van der Waals surface area contributed by atoms with Crippen molar-refractivity contribution in [2.45, 2.75) is 38.8 Å². The highest BCUT2D eigenvalue weighted by Crippen LogP contribution is 2.38. The fraction of sp³-hybridized carbons (Fsp3) is 0.478. The van der Waals surface area contributed by atoms with Gasteiger partial charge in [0, 0.05) is 24.6 Å². The Hall–Kier alpha value is -2.38. The first-order valence-corrected chi connectivity index (χ1v) is 11.2. The third-order valence-electron chi connectivity index (χ3n) is 5.73. The minimum absolute atomic E-state index is 0.0196. The lowest BCUT2D eigenvalue weighted by Gasteiger charge is -2.38. The lowest BCUT2D eigenvalue weighted by molar-refractivity contribution is -0.145. The van der Waals surface area contributed by atoms with E-state index in [2.05, 4.69) is 11.4 Å². The second kappa shape index (κ2) is 10.1. The Labute approximate surface area is 182 Å². The monoisotopic (exact) mass is 430 g/mol. The number of methoxy groups -OCH3 is 2. The number of ether oxygens (including phenoxy) is 2. The van der Waals surface area contributed by atoms with E-state index in [1.54, 1.807) is 23.3 Å². The standard InChI is InChI=1S/C23H30N2O4S/c1-5-16(2)25(22(27)15-28-3)14-21(26)24-12-10-20-19(11-13-30-20)23(24)17-6-8-18(29-4)9-7-17/h6-9,11,13,16,23H,5,10,12,14-15H2,1-4H3. The quantitative estimate of drug-likeness (QED) is 0.643. The maximum absolute atomic E-state index is 13.4. The molecule has 2 amide bonds. The van der Waals surface area contributed by atoms with E-state index in [0.29, 0.717) is 6.54 Å². The van der Waals surface area contributed by atoms with E-state index >= 15 is 0 Å². The zero-order valence-electron chi connectivity index (χ0n) is 18.1. The van der Waals surface area contributed by atoms with Crippen LogP contribution in [0.25, 0.3) is 0 Å². The van der Waals surface area contributed by atoms with Crippen molar-refractivity contribution < 1.29 is 19.1 Å². The SMILES string of the molecule is CCC(C)N(CC(=O)N1CCc2sccc2C1c1ccc(OC)cc1)C(=O)COC. The summed E-state index contributed by atoms with van der Waals surface area (Å²) in [5, 5.41) is 2.09. The van der Waals surface area contributed by atoms with Gasteiger partial charge in [-0.1, -0.05) is 19.1 Å². The van der Waals surface area contributed by atoms with Gasteiger partial charge >= 0.3 is 0 Å². The molecule has 2 atom stereocenters. The Bertz CT molecular complexity index is 864. The van der Waals surface area contributed by atoms with Crippen LogP contribution < -0.4 is 4.74 Å². The van der Waals surface area contributed by atoms with Gasteiger partial charge in [0.15, 0.2) is 0 Å². The summed E-state index contributed by atoms with van der Waals surface area (Å²) in [5.41, 5.74) is 2.21. The van der Waals surface area contributed by atoms with Crippen LogP contribution in [-0.4, -0.2) is 61.6 Å². The van der Waals surface area contributed by atoms with E-state index in [-0.39, 0.29) is 37.0 Å². The molecule has 0 spiro atoms. The van der Waals surface area contributed by atoms with Crippen molar-refractivity contribution in [3.8, 4) is 5.75 Å². The fourth-order valence-electron chi connectivity index (χ4n) is 3.88. The molecule has 2 unspecified atom stereocenters. The van der Waals surface area contributed by atoms with Crippen molar-refractivity contribution in [3.05, 3.63) is 51.7 Å². The van der Waals surface area contributed by atoms with Crippen LogP contribution in [0.2, 0.25) is 0 Å². The van der Waals surface area contributed by atoms with Crippen LogP contribution in [0.4, 0.5) is 0 Å². The molecule has 1 aromatic carbocycles. The highest BCUT2D eigenvalue weighted by atomic mass is 32.1. The zero-order chi connectivity index (χ0) is 21.7. The minimum Gasteiger partial charge on any atom is -0.497 e. The summed E-state index contributed by atoms with van der Waals surface area (Å²) in [6, 6.07) is 9.79. The molecular weight excluding hydrogens is 400 g/mol. The van der Waals surface area contributed by atoms with Gasteiger partial charge in [-0.2, -0.15) is 0 Å². The number of nitrogens with zero attached hydrogens (tertiary/aromatic N) is 2. The molecule has 7 heteroatoms. The second-order valence-electron chi connectivity index (χ2n) is 7.52. The Morgan fingerprint density at radius 2 is 1.97 bits per heavy atom. The molecule has 0 N–H and O–H groups in total. The van der Waals surface area contributed by atoms with Crippen molar-refractivity contribution in [1.82, 2.24) is 9.80 Å². The Morgan fingerprint density at radius 3 is 2.60 bits per heavy atom. The van der Waals surface area contributed by atoms with Crippen molar-refractivity contribution >= 4 is 23.2 Å². The molecule has 0 saturated heterocycles. The normalized spacial score (nSPS) is 16.7. The van der Waals surface area contributed by atoms with Gasteiger partial charge in [-0.15, -0.1) is 11.3 Å². The van der Waals surface area contributed by atoms with Crippen molar-refractivity contribution in [1.29, 1.82) is 0 Å². The molecule has 1 aromatic heterocycles. The van der Waals surface area contributed by atoms with E-state index in [4.69, 9.17) is 9.47 Å². The molecule has 0 bridgehead atoms. The largest absolute Gasteiger partial charge is 0.497 e. The van der Waals surface area contributed by atoms with Gasteiger partial charge in [-0.25, -0.2) is 0 Å². The minimum atomic E-state index is -0.158. The number of amides is 2. The third-order valence-corrected chi connectivity index (χ3v) is 6.73. The lowest BCUT2D eigenvalue weighted by Crippen LogP contribution is -2.49. The smallest absolute Gasteiger partial charge is 0.249 e. The van der Waals surface area contributed by atoms with Crippen LogP contribution in [0.1, 0.15) is 42.3 Å². The number of hydrogen-bond donors (Lipinski definition) is 0. The summed E-state index contributed by atoms with van der Waals surface area (Å²) in [5.74, 6) is 0.581. The highest BCUT2D eigenvalue weighted by molar-refractivity contribution is 7.10. The molecule has 6 nitrogen and oxygen atoms in total. The molecule has 2 heterocycles. The predicted octanol–water partition coefficient (Wildman–Crippen LogP) is 3.50. The van der Waals surface area contributed by atoms with Gasteiger partial charge in [-0.05, 0) is 54.5 Å². The average molecular weight is 431 g/mol. The van der Waals surface area contributed by atoms with E-state index in [0.717, 1.165) is 24.2 Å². The maximum Gasteiger partial charge on any atom is 0.249 e. The van der Waals surface area contributed by atoms with Gasteiger partial charge in [-0.3, -0.25) is 9.59 Å². The van der Waals surface area contributed by atoms with Crippen LogP contribution in [0.15, 0.2) is 35.7 Å². The summed E-state index contributed by atoms with van der Waals surface area (Å²) in [4.78, 5) is 30.9. The third kappa shape index (κ3) is 4.68. The average Bonchev–Trinajstić information content (AvgIpc) is 3.25. The summed E-state index contributed by atoms with van der Waals surface area (Å²) >= 11 is 1.74. The van der Waals surface area contributed by atoms with Crippen molar-refractivity contribution in [2.75, 3.05) is 33.9 Å². The fourth-order valence-corrected chi connectivity index (χ4v) is 4.79. The predicted molar refractivity (Wildman–Crippen MR) is 118 cm³/mol. The maximum atomic E-state index is 13.4. The number of fused-ring (bicyclic) bond motifs is 1. The summed E-state index contributed by atoms with van der Waals surface area (Å²) in [6.07, 6.45) is 1.61. The first-order chi connectivity index (χ1) is 14.5. The van der Waals surface area contributed by atoms with E-state index in [9.17, 15) is 9.59 Å². The van der Waals surface area contributed by atoms with Gasteiger partial charge in [0.25, 0.3) is 0 Å². The number of carbonyl (C=O) groups excluding carboxylic acids is 2. The number of benzene rings is 1. The molecule has 0 aliphatic carbocycles. The molecule has 1 aliphatic rings. The molecule has 1 aliphatic heterocycles. The Balaban J connectivity index is 1.89. The van der Waals surface area contributed by atoms with Gasteiger partial charge in [0.05, 0.1) is 13.2 Å². The Kier molecular flexibility index (Phi) is 7.50. The highest BCUT2D eigenvalue weighted by Gasteiger charge is 2.34. The van der Waals surface area contributed by atoms with Crippen LogP contribution in [0, 0.1) is 0 Å². The lowest BCUT2D eigenvalue weighted by atomic mass is 9.93. The Morgan fingerprint density at radius 1 is 1.23 bits per heavy atom. The summed E-state index contributed by atoms with van der Waals surface area (Å²) in [6.45, 7) is 4.66. The molecule has 162 valence electrons. The molecular formula is C23H30N2O4S. The molecule has 30 heavy (non-hydrogen) atoms. The summed E-state index contributed by atoms with van der Waals surface area (Å²) < 4.78 is 10.3. The number of hydrogen-bond acceptors (Lipinski definition) is 5. The molecule has 0 fully saturated rings. The number of rotatable bonds is 8. The van der Waals surface area contributed by atoms with Crippen LogP contribution in [0.3, 0.4) is 0 Å². The topological polar surface area (TPSA) is 59.1 Å². The van der Waals surface area contributed by atoms with Crippen LogP contribution >= 0.6 is 11.3 Å². The first-order valence-electron chi connectivity index (χ1n) is 10.3. The van der Waals surface area contributed by atoms with E-state index in [1.165, 1.54) is 17.6 Å². The molecule has 2 aromatic rings. The van der Waals surface area contributed by atoms with E-state index in [1.807, 2.05) is 43.0 Å². The van der Waals surface area contributed by atoms with Gasteiger partial charge in [0.1, 0.15) is 18.9 Å².